The fourth-order valence-electron chi connectivity index (χ4n) is 2.39. The van der Waals surface area contributed by atoms with Crippen LogP contribution in [0.4, 0.5) is 5.95 Å². The van der Waals surface area contributed by atoms with Gasteiger partial charge in [-0.05, 0) is 41.8 Å². The molecule has 2 bridgehead atoms. The molecule has 0 unspecified atom stereocenters. The monoisotopic (exact) mass is 341 g/mol. The second-order valence-corrected chi connectivity index (χ2v) is 5.79. The molecule has 1 aromatic heterocycles. The largest absolute Gasteiger partial charge is 0.352 e. The first kappa shape index (κ1) is 16.2. The van der Waals surface area contributed by atoms with E-state index < -0.39 is 5.69 Å². The van der Waals surface area contributed by atoms with Crippen LogP contribution in [0.1, 0.15) is 6.42 Å². The summed E-state index contributed by atoms with van der Waals surface area (Å²) in [5, 5.41) is 0.616. The molecule has 2 aliphatic carbocycles. The highest BCUT2D eigenvalue weighted by molar-refractivity contribution is 6.30. The van der Waals surface area contributed by atoms with E-state index in [2.05, 4.69) is 39.7 Å². The molecule has 3 N–H and O–H groups in total. The van der Waals surface area contributed by atoms with Crippen molar-refractivity contribution in [1.29, 1.82) is 0 Å². The summed E-state index contributed by atoms with van der Waals surface area (Å²) in [7, 11) is 1.59. The van der Waals surface area contributed by atoms with Gasteiger partial charge in [-0.1, -0.05) is 35.9 Å². The number of nitrogens with zero attached hydrogens (tertiary/aromatic N) is 3. The molecule has 2 aliphatic rings. The minimum Gasteiger partial charge on any atom is -0.292 e. The Kier molecular flexibility index (Phi) is 4.59. The maximum atomic E-state index is 11.6. The van der Waals surface area contributed by atoms with Gasteiger partial charge in [0.15, 0.2) is 0 Å². The zero-order chi connectivity index (χ0) is 17.1. The van der Waals surface area contributed by atoms with Gasteiger partial charge in [0.2, 0.25) is 5.95 Å². The lowest BCUT2D eigenvalue weighted by Crippen LogP contribution is -2.26. The lowest BCUT2D eigenvalue weighted by atomic mass is 10.2. The van der Waals surface area contributed by atoms with Crippen molar-refractivity contribution in [2.75, 3.05) is 5.43 Å². The van der Waals surface area contributed by atoms with E-state index in [4.69, 9.17) is 17.4 Å². The summed E-state index contributed by atoms with van der Waals surface area (Å²) < 4.78 is 1.34. The SMILES string of the molecule is C1=CC2=CC=C1C2.Cn1c(-c2ccc(Cl)cc2)nc(NN)nc1=O. The zero-order valence-corrected chi connectivity index (χ0v) is 13.8. The van der Waals surface area contributed by atoms with E-state index in [1.807, 2.05) is 0 Å². The molecule has 2 aromatic rings. The quantitative estimate of drug-likeness (QED) is 0.647. The van der Waals surface area contributed by atoms with Gasteiger partial charge in [0, 0.05) is 17.6 Å². The summed E-state index contributed by atoms with van der Waals surface area (Å²) in [5.41, 5.74) is 5.51. The van der Waals surface area contributed by atoms with Crippen LogP contribution >= 0.6 is 11.6 Å². The molecule has 4 rings (SSSR count). The Hall–Kier alpha value is -2.70. The van der Waals surface area contributed by atoms with Crippen molar-refractivity contribution in [2.24, 2.45) is 12.9 Å². The van der Waals surface area contributed by atoms with Crippen LogP contribution in [0.25, 0.3) is 11.4 Å². The van der Waals surface area contributed by atoms with Crippen molar-refractivity contribution >= 4 is 17.5 Å². The standard InChI is InChI=1S/C10H10ClN5O.C7H6/c1-16-8(6-2-4-7(11)5-3-6)13-9(15-12)14-10(16)17;1-2-7-4-3-6(1)5-7/h2-5H,12H2,1H3,(H,14,15,17);1-4H,5H2. The van der Waals surface area contributed by atoms with Gasteiger partial charge in [0.1, 0.15) is 5.82 Å². The molecule has 1 aromatic carbocycles. The molecule has 0 aliphatic heterocycles. The molecule has 122 valence electrons. The van der Waals surface area contributed by atoms with E-state index in [1.165, 1.54) is 22.1 Å². The van der Waals surface area contributed by atoms with Gasteiger partial charge in [-0.2, -0.15) is 9.97 Å². The molecule has 7 heteroatoms. The highest BCUT2D eigenvalue weighted by Gasteiger charge is 2.09. The fourth-order valence-corrected chi connectivity index (χ4v) is 2.51. The Bertz CT molecular complexity index is 890. The maximum Gasteiger partial charge on any atom is 0.352 e. The number of hydrazine groups is 1. The molecule has 1 heterocycles. The zero-order valence-electron chi connectivity index (χ0n) is 13.0. The topological polar surface area (TPSA) is 85.8 Å². The van der Waals surface area contributed by atoms with E-state index in [1.54, 1.807) is 31.3 Å². The van der Waals surface area contributed by atoms with Crippen LogP contribution in [-0.4, -0.2) is 14.5 Å². The number of nitrogens with two attached hydrogens (primary N) is 1. The Morgan fingerprint density at radius 2 is 1.75 bits per heavy atom. The average molecular weight is 342 g/mol. The molecule has 24 heavy (non-hydrogen) atoms. The lowest BCUT2D eigenvalue weighted by molar-refractivity contribution is 0.785. The first-order chi connectivity index (χ1) is 11.6. The normalized spacial score (nSPS) is 14.0. The summed E-state index contributed by atoms with van der Waals surface area (Å²) >= 11 is 5.80. The van der Waals surface area contributed by atoms with E-state index in [0.717, 1.165) is 5.56 Å². The number of hydrogen-bond acceptors (Lipinski definition) is 5. The molecule has 0 spiro atoms. The minimum atomic E-state index is -0.432. The van der Waals surface area contributed by atoms with Gasteiger partial charge in [-0.3, -0.25) is 9.99 Å². The molecule has 0 radical (unpaired) electrons. The molecule has 0 saturated carbocycles. The molecule has 0 amide bonds. The molecule has 0 saturated heterocycles. The summed E-state index contributed by atoms with van der Waals surface area (Å²) in [4.78, 5) is 19.3. The number of hydrogen-bond donors (Lipinski definition) is 2. The van der Waals surface area contributed by atoms with Crippen LogP contribution < -0.4 is 17.0 Å². The smallest absolute Gasteiger partial charge is 0.292 e. The highest BCUT2D eigenvalue weighted by Crippen LogP contribution is 2.27. The third kappa shape index (κ3) is 3.45. The Morgan fingerprint density at radius 3 is 2.21 bits per heavy atom. The molecule has 0 atom stereocenters. The van der Waals surface area contributed by atoms with Gasteiger partial charge >= 0.3 is 5.69 Å². The van der Waals surface area contributed by atoms with Gasteiger partial charge < -0.3 is 0 Å². The second-order valence-electron chi connectivity index (χ2n) is 5.36. The summed E-state index contributed by atoms with van der Waals surface area (Å²) in [6, 6.07) is 6.98. The molecular weight excluding hydrogens is 326 g/mol. The van der Waals surface area contributed by atoms with Crippen molar-refractivity contribution in [3.05, 3.63) is 75.2 Å². The first-order valence-electron chi connectivity index (χ1n) is 7.32. The fraction of sp³-hybridized carbons (Fsp3) is 0.118. The summed E-state index contributed by atoms with van der Waals surface area (Å²) in [5.74, 6) is 5.74. The predicted molar refractivity (Wildman–Crippen MR) is 95.5 cm³/mol. The van der Waals surface area contributed by atoms with Crippen molar-refractivity contribution in [3.63, 3.8) is 0 Å². The minimum absolute atomic E-state index is 0.0815. The Morgan fingerprint density at radius 1 is 1.12 bits per heavy atom. The van der Waals surface area contributed by atoms with E-state index in [-0.39, 0.29) is 5.95 Å². The van der Waals surface area contributed by atoms with Crippen molar-refractivity contribution in [3.8, 4) is 11.4 Å². The number of halogens is 1. The van der Waals surface area contributed by atoms with Crippen LogP contribution in [-0.2, 0) is 7.05 Å². The maximum absolute atomic E-state index is 11.6. The number of aromatic nitrogens is 3. The second kappa shape index (κ2) is 6.82. The number of allylic oxidation sites excluding steroid dienone is 6. The molecule has 0 fully saturated rings. The third-order valence-corrected chi connectivity index (χ3v) is 3.93. The van der Waals surface area contributed by atoms with Crippen LogP contribution in [0, 0.1) is 0 Å². The Labute approximate surface area is 144 Å². The number of benzene rings is 1. The van der Waals surface area contributed by atoms with Crippen LogP contribution in [0.15, 0.2) is 64.5 Å². The van der Waals surface area contributed by atoms with Crippen LogP contribution in [0.2, 0.25) is 5.02 Å². The number of rotatable bonds is 2. The molecular formula is C17H16ClN5O. The number of nitrogens with one attached hydrogen (secondary N) is 1. The van der Waals surface area contributed by atoms with Crippen molar-refractivity contribution in [2.45, 2.75) is 6.42 Å². The van der Waals surface area contributed by atoms with Crippen LogP contribution in [0.3, 0.4) is 0 Å². The van der Waals surface area contributed by atoms with E-state index >= 15 is 0 Å². The van der Waals surface area contributed by atoms with Crippen molar-refractivity contribution in [1.82, 2.24) is 14.5 Å². The lowest BCUT2D eigenvalue weighted by Gasteiger charge is -2.08. The third-order valence-electron chi connectivity index (χ3n) is 3.68. The van der Waals surface area contributed by atoms with Gasteiger partial charge in [-0.15, -0.1) is 0 Å². The summed E-state index contributed by atoms with van der Waals surface area (Å²) in [6.45, 7) is 0. The van der Waals surface area contributed by atoms with E-state index in [0.29, 0.717) is 10.8 Å². The predicted octanol–water partition coefficient (Wildman–Crippen LogP) is 2.59. The Balaban J connectivity index is 0.000000198. The summed E-state index contributed by atoms with van der Waals surface area (Å²) in [6.07, 6.45) is 9.90. The highest BCUT2D eigenvalue weighted by atomic mass is 35.5. The van der Waals surface area contributed by atoms with Gasteiger partial charge in [-0.25, -0.2) is 10.6 Å². The number of fused-ring (bicyclic) bond motifs is 2. The van der Waals surface area contributed by atoms with E-state index in [9.17, 15) is 4.79 Å². The average Bonchev–Trinajstić information content (AvgIpc) is 3.24. The van der Waals surface area contributed by atoms with Gasteiger partial charge in [0.25, 0.3) is 0 Å². The number of anilines is 1. The molecule has 6 nitrogen and oxygen atoms in total. The van der Waals surface area contributed by atoms with Crippen LogP contribution in [0.5, 0.6) is 0 Å². The number of nitrogen functional groups attached to an aromatic ring is 1. The first-order valence-corrected chi connectivity index (χ1v) is 7.70. The van der Waals surface area contributed by atoms with Gasteiger partial charge in [0.05, 0.1) is 0 Å². The van der Waals surface area contributed by atoms with Crippen molar-refractivity contribution < 1.29 is 0 Å².